The number of fused-ring (bicyclic) bond motifs is 6. The Bertz CT molecular complexity index is 2430. The first-order valence-electron chi connectivity index (χ1n) is 15.3. The van der Waals surface area contributed by atoms with Crippen molar-refractivity contribution in [1.29, 1.82) is 0 Å². The van der Waals surface area contributed by atoms with E-state index in [-0.39, 0.29) is 4.90 Å². The maximum Gasteiger partial charge on any atom is 0.373 e. The van der Waals surface area contributed by atoms with Crippen molar-refractivity contribution in [2.45, 2.75) is 17.7 Å². The van der Waals surface area contributed by atoms with Gasteiger partial charge in [-0.1, -0.05) is 78.9 Å². The van der Waals surface area contributed by atoms with Crippen LogP contribution in [0.5, 0.6) is 5.75 Å². The lowest BCUT2D eigenvalue weighted by molar-refractivity contribution is -0.652. The Balaban J connectivity index is 1.21. The van der Waals surface area contributed by atoms with Gasteiger partial charge in [0.2, 0.25) is 15.4 Å². The summed E-state index contributed by atoms with van der Waals surface area (Å²) in [6, 6.07) is 33.2. The molecule has 0 radical (unpaired) electrons. The summed E-state index contributed by atoms with van der Waals surface area (Å²) >= 11 is 0. The predicted molar refractivity (Wildman–Crippen MR) is 183 cm³/mol. The second-order valence-corrected chi connectivity index (χ2v) is 13.5. The van der Waals surface area contributed by atoms with Crippen molar-refractivity contribution in [3.05, 3.63) is 149 Å². The van der Waals surface area contributed by atoms with Crippen LogP contribution in [-0.2, 0) is 16.9 Å². The Kier molecular flexibility index (Phi) is 6.65. The molecule has 0 saturated carbocycles. The number of hydrogen-bond donors (Lipinski definition) is 0. The van der Waals surface area contributed by atoms with E-state index >= 15 is 0 Å². The first-order chi connectivity index (χ1) is 22.4. The van der Waals surface area contributed by atoms with Gasteiger partial charge in [-0.15, -0.1) is 0 Å². The molecule has 0 fully saturated rings. The number of anilines is 1. The first-order valence-corrected chi connectivity index (χ1v) is 16.7. The molecule has 7 heteroatoms. The molecular weight excluding hydrogens is 593 g/mol. The highest BCUT2D eigenvalue weighted by Crippen LogP contribution is 2.44. The number of benzene rings is 5. The molecule has 8 rings (SSSR count). The zero-order chi connectivity index (χ0) is 31.4. The number of nitrogens with zero attached hydrogens (tertiary/aromatic N) is 2. The van der Waals surface area contributed by atoms with E-state index in [0.29, 0.717) is 29.5 Å². The summed E-state index contributed by atoms with van der Waals surface area (Å²) in [7, 11) is 0.113. The van der Waals surface area contributed by atoms with Crippen LogP contribution in [0.3, 0.4) is 0 Å². The van der Waals surface area contributed by atoms with Crippen molar-refractivity contribution in [2.24, 2.45) is 7.05 Å². The van der Waals surface area contributed by atoms with Crippen LogP contribution in [0.25, 0.3) is 38.7 Å². The van der Waals surface area contributed by atoms with Gasteiger partial charge in [0.05, 0.1) is 21.6 Å². The molecule has 6 aromatic rings. The molecule has 0 atom stereocenters. The molecule has 226 valence electrons. The fourth-order valence-corrected chi connectivity index (χ4v) is 8.29. The number of rotatable bonds is 5. The van der Waals surface area contributed by atoms with Gasteiger partial charge in [0.15, 0.2) is 11.6 Å². The molecule has 0 spiro atoms. The van der Waals surface area contributed by atoms with Gasteiger partial charge in [0.1, 0.15) is 7.05 Å². The molecule has 0 saturated heterocycles. The summed E-state index contributed by atoms with van der Waals surface area (Å²) in [5.74, 6) is 2.08. The number of hydrogen-bond acceptors (Lipinski definition) is 5. The van der Waals surface area contributed by atoms with E-state index in [9.17, 15) is 8.42 Å². The first kappa shape index (κ1) is 28.1. The Labute approximate surface area is 267 Å². The van der Waals surface area contributed by atoms with E-state index in [0.717, 1.165) is 55.2 Å². The molecule has 1 aliphatic carbocycles. The minimum absolute atomic E-state index is 0.269. The quantitative estimate of drug-likeness (QED) is 0.181. The van der Waals surface area contributed by atoms with Crippen LogP contribution in [0.15, 0.2) is 153 Å². The van der Waals surface area contributed by atoms with E-state index in [1.54, 1.807) is 24.3 Å². The summed E-state index contributed by atoms with van der Waals surface area (Å²) < 4.78 is 43.1. The van der Waals surface area contributed by atoms with Gasteiger partial charge in [-0.2, -0.15) is 4.57 Å². The Morgan fingerprint density at radius 1 is 0.761 bits per heavy atom. The zero-order valence-electron chi connectivity index (χ0n) is 25.5. The number of oxazole rings is 1. The third-order valence-electron chi connectivity index (χ3n) is 8.94. The van der Waals surface area contributed by atoms with Crippen molar-refractivity contribution in [3.8, 4) is 5.75 Å². The second kappa shape index (κ2) is 10.9. The lowest BCUT2D eigenvalue weighted by atomic mass is 10.1. The highest BCUT2D eigenvalue weighted by Gasteiger charge is 2.32. The minimum Gasteiger partial charge on any atom is -0.438 e. The average molecular weight is 624 g/mol. The van der Waals surface area contributed by atoms with Gasteiger partial charge < -0.3 is 14.1 Å². The van der Waals surface area contributed by atoms with Gasteiger partial charge in [-0.3, -0.25) is 0 Å². The minimum atomic E-state index is -3.81. The molecule has 1 aliphatic heterocycles. The Morgan fingerprint density at radius 2 is 1.46 bits per heavy atom. The van der Waals surface area contributed by atoms with E-state index in [1.807, 2.05) is 78.2 Å². The fourth-order valence-electron chi connectivity index (χ4n) is 6.51. The number of aryl methyl sites for hydroxylation is 1. The molecule has 0 unspecified atom stereocenters. The van der Waals surface area contributed by atoms with E-state index in [2.05, 4.69) is 48.5 Å². The fraction of sp³-hybridized carbons (Fsp3) is 0.103. The van der Waals surface area contributed by atoms with Crippen LogP contribution >= 0.6 is 0 Å². The molecule has 1 aromatic heterocycles. The van der Waals surface area contributed by atoms with Crippen LogP contribution in [0.4, 0.5) is 5.69 Å². The molecule has 46 heavy (non-hydrogen) atoms. The Hall–Kier alpha value is -5.40. The molecule has 5 aromatic carbocycles. The maximum atomic E-state index is 14.2. The predicted octanol–water partition coefficient (Wildman–Crippen LogP) is 8.40. The van der Waals surface area contributed by atoms with Gasteiger partial charge in [-0.25, -0.2) is 8.42 Å². The molecule has 0 bridgehead atoms. The van der Waals surface area contributed by atoms with Crippen molar-refractivity contribution >= 4 is 54.2 Å². The number of aromatic nitrogens is 1. The standard InChI is InChI=1S/C39H31N2O4S/c1-40-33-22-18-26-10-6-8-14-31(26)37(33)44-35(40)24-20-28-16-17-29(39(28)46(42,43)30-12-4-3-5-13-30)21-25-36-41(2)34-23-19-27-11-7-9-15-32(27)38(34)45-36/h3-15,18-25H,16-17H2,1-2H3/q+1. The highest BCUT2D eigenvalue weighted by atomic mass is 32.2. The number of sulfone groups is 1. The molecule has 2 aliphatic rings. The molecule has 6 nitrogen and oxygen atoms in total. The normalized spacial score (nSPS) is 17.0. The van der Waals surface area contributed by atoms with E-state index in [4.69, 9.17) is 9.15 Å². The zero-order valence-corrected chi connectivity index (χ0v) is 26.3. The summed E-state index contributed by atoms with van der Waals surface area (Å²) in [5.41, 5.74) is 4.23. The number of ether oxygens (including phenoxy) is 1. The van der Waals surface area contributed by atoms with Crippen LogP contribution in [0, 0.1) is 0 Å². The van der Waals surface area contributed by atoms with Crippen LogP contribution in [0.1, 0.15) is 18.7 Å². The van der Waals surface area contributed by atoms with Crippen LogP contribution in [-0.4, -0.2) is 15.5 Å². The van der Waals surface area contributed by atoms with Gasteiger partial charge >= 0.3 is 5.89 Å². The smallest absolute Gasteiger partial charge is 0.373 e. The van der Waals surface area contributed by atoms with Crippen molar-refractivity contribution < 1.29 is 22.1 Å². The van der Waals surface area contributed by atoms with Crippen molar-refractivity contribution in [1.82, 2.24) is 0 Å². The average Bonchev–Trinajstić information content (AvgIpc) is 3.76. The van der Waals surface area contributed by atoms with Gasteiger partial charge in [-0.05, 0) is 71.2 Å². The van der Waals surface area contributed by atoms with Crippen LogP contribution in [0.2, 0.25) is 0 Å². The van der Waals surface area contributed by atoms with E-state index in [1.165, 1.54) is 0 Å². The topological polar surface area (TPSA) is 63.6 Å². The monoisotopic (exact) mass is 623 g/mol. The van der Waals surface area contributed by atoms with E-state index < -0.39 is 9.84 Å². The summed E-state index contributed by atoms with van der Waals surface area (Å²) in [4.78, 5) is 2.60. The molecule has 0 N–H and O–H groups in total. The van der Waals surface area contributed by atoms with Crippen molar-refractivity contribution in [2.75, 3.05) is 11.9 Å². The highest BCUT2D eigenvalue weighted by molar-refractivity contribution is 7.95. The SMILES string of the molecule is CN1/C(=C/C=C2\CCC(/C=C/c3oc4c5ccccc5ccc4[n+]3C)=C2S(=O)(=O)c2ccccc2)Oc2c1ccc1ccccc21. The molecular formula is C39H31N2O4S+. The lowest BCUT2D eigenvalue weighted by Crippen LogP contribution is -2.29. The maximum absolute atomic E-state index is 14.2. The molecule has 2 heterocycles. The number of allylic oxidation sites excluding steroid dienone is 5. The summed E-state index contributed by atoms with van der Waals surface area (Å²) in [6.07, 6.45) is 8.71. The van der Waals surface area contributed by atoms with Crippen molar-refractivity contribution in [3.63, 3.8) is 0 Å². The summed E-state index contributed by atoms with van der Waals surface area (Å²) in [5, 5.41) is 4.28. The largest absolute Gasteiger partial charge is 0.438 e. The third kappa shape index (κ3) is 4.54. The van der Waals surface area contributed by atoms with Crippen LogP contribution < -0.4 is 14.2 Å². The second-order valence-electron chi connectivity index (χ2n) is 11.6. The molecule has 0 amide bonds. The Morgan fingerprint density at radius 3 is 2.26 bits per heavy atom. The van der Waals surface area contributed by atoms with Gasteiger partial charge in [0.25, 0.3) is 5.52 Å². The summed E-state index contributed by atoms with van der Waals surface area (Å²) in [6.45, 7) is 0. The lowest BCUT2D eigenvalue weighted by Gasteiger charge is -2.11. The van der Waals surface area contributed by atoms with Gasteiger partial charge in [0, 0.05) is 23.9 Å². The third-order valence-corrected chi connectivity index (χ3v) is 10.9.